The van der Waals surface area contributed by atoms with Gasteiger partial charge in [0.25, 0.3) is 0 Å². The summed E-state index contributed by atoms with van der Waals surface area (Å²) in [5, 5.41) is 3.56. The molecule has 1 aliphatic heterocycles. The van der Waals surface area contributed by atoms with Crippen molar-refractivity contribution >= 4 is 16.3 Å². The number of nitrogens with one attached hydrogen (secondary N) is 1. The molecule has 3 heterocycles. The molecule has 4 nitrogen and oxygen atoms in total. The first-order valence-corrected chi connectivity index (χ1v) is 7.93. The summed E-state index contributed by atoms with van der Waals surface area (Å²) in [5.74, 6) is 0. The highest BCUT2D eigenvalue weighted by Gasteiger charge is 2.12. The maximum atomic E-state index is 4.62. The molecule has 1 saturated heterocycles. The molecule has 1 aliphatic rings. The molecule has 0 spiro atoms. The Morgan fingerprint density at radius 3 is 2.89 bits per heavy atom. The third-order valence-electron chi connectivity index (χ3n) is 3.84. The zero-order valence-corrected chi connectivity index (χ0v) is 12.6. The Balaban J connectivity index is 1.56. The Labute approximate surface area is 118 Å². The van der Waals surface area contributed by atoms with Gasteiger partial charge in [0, 0.05) is 30.7 Å². The minimum Gasteiger partial charge on any atom is -0.310 e. The lowest BCUT2D eigenvalue weighted by atomic mass is 10.3. The Hall–Kier alpha value is -0.910. The Morgan fingerprint density at radius 2 is 2.11 bits per heavy atom. The van der Waals surface area contributed by atoms with Gasteiger partial charge in [-0.05, 0) is 39.8 Å². The van der Waals surface area contributed by atoms with Crippen LogP contribution in [0.5, 0.6) is 0 Å². The quantitative estimate of drug-likeness (QED) is 0.851. The van der Waals surface area contributed by atoms with E-state index in [2.05, 4.69) is 39.6 Å². The van der Waals surface area contributed by atoms with E-state index in [0.717, 1.165) is 23.7 Å². The smallest absolute Gasteiger partial charge is 0.194 e. The second-order valence-electron chi connectivity index (χ2n) is 5.36. The predicted octanol–water partition coefficient (Wildman–Crippen LogP) is 2.20. The average molecular weight is 278 g/mol. The highest BCUT2D eigenvalue weighted by Crippen LogP contribution is 2.20. The number of thiazole rings is 1. The monoisotopic (exact) mass is 278 g/mol. The molecular formula is C14H22N4S. The van der Waals surface area contributed by atoms with Crippen LogP contribution >= 0.6 is 11.3 Å². The standard InChI is InChI=1S/C14H22N4S/c1-11-10-18-13(12(2)16-14(18)19-11)9-15-5-8-17-6-3-4-7-17/h10,15H,3-9H2,1-2H3. The van der Waals surface area contributed by atoms with E-state index in [-0.39, 0.29) is 0 Å². The SMILES string of the molecule is Cc1cn2c(CNCCN3CCCC3)c(C)nc2s1. The van der Waals surface area contributed by atoms with Crippen LogP contribution in [0.1, 0.15) is 29.1 Å². The van der Waals surface area contributed by atoms with Crippen molar-refractivity contribution in [2.45, 2.75) is 33.2 Å². The number of hydrogen-bond acceptors (Lipinski definition) is 4. The van der Waals surface area contributed by atoms with Crippen LogP contribution in [0.4, 0.5) is 0 Å². The van der Waals surface area contributed by atoms with Gasteiger partial charge in [-0.25, -0.2) is 4.98 Å². The fourth-order valence-electron chi connectivity index (χ4n) is 2.77. The average Bonchev–Trinajstić information content (AvgIpc) is 3.03. The zero-order chi connectivity index (χ0) is 13.2. The molecule has 0 radical (unpaired) electrons. The largest absolute Gasteiger partial charge is 0.310 e. The summed E-state index contributed by atoms with van der Waals surface area (Å²) in [7, 11) is 0. The lowest BCUT2D eigenvalue weighted by Crippen LogP contribution is -2.30. The normalized spacial score (nSPS) is 16.7. The van der Waals surface area contributed by atoms with Crippen LogP contribution in [-0.4, -0.2) is 40.5 Å². The van der Waals surface area contributed by atoms with E-state index in [1.807, 2.05) is 0 Å². The van der Waals surface area contributed by atoms with Gasteiger partial charge >= 0.3 is 0 Å². The molecule has 0 aliphatic carbocycles. The van der Waals surface area contributed by atoms with Gasteiger partial charge in [-0.3, -0.25) is 4.40 Å². The highest BCUT2D eigenvalue weighted by atomic mass is 32.1. The predicted molar refractivity (Wildman–Crippen MR) is 79.9 cm³/mol. The van der Waals surface area contributed by atoms with Crippen molar-refractivity contribution < 1.29 is 0 Å². The molecule has 0 amide bonds. The van der Waals surface area contributed by atoms with E-state index < -0.39 is 0 Å². The van der Waals surface area contributed by atoms with Crippen LogP contribution in [0.15, 0.2) is 6.20 Å². The maximum Gasteiger partial charge on any atom is 0.194 e. The fraction of sp³-hybridized carbons (Fsp3) is 0.643. The van der Waals surface area contributed by atoms with Gasteiger partial charge in [0.1, 0.15) is 0 Å². The van der Waals surface area contributed by atoms with Crippen LogP contribution in [0.3, 0.4) is 0 Å². The molecule has 104 valence electrons. The fourth-order valence-corrected chi connectivity index (χ4v) is 3.66. The van der Waals surface area contributed by atoms with Crippen LogP contribution in [0.25, 0.3) is 4.96 Å². The molecule has 0 bridgehead atoms. The Kier molecular flexibility index (Phi) is 3.86. The number of rotatable bonds is 5. The molecule has 0 aromatic carbocycles. The Bertz CT molecular complexity index is 551. The first-order valence-electron chi connectivity index (χ1n) is 7.11. The topological polar surface area (TPSA) is 32.6 Å². The number of nitrogens with zero attached hydrogens (tertiary/aromatic N) is 3. The van der Waals surface area contributed by atoms with Crippen LogP contribution < -0.4 is 5.32 Å². The zero-order valence-electron chi connectivity index (χ0n) is 11.8. The van der Waals surface area contributed by atoms with Gasteiger partial charge < -0.3 is 10.2 Å². The molecule has 5 heteroatoms. The van der Waals surface area contributed by atoms with Gasteiger partial charge in [-0.1, -0.05) is 0 Å². The van der Waals surface area contributed by atoms with Crippen molar-refractivity contribution in [2.24, 2.45) is 0 Å². The maximum absolute atomic E-state index is 4.62. The summed E-state index contributed by atoms with van der Waals surface area (Å²) >= 11 is 1.76. The molecule has 1 fully saturated rings. The van der Waals surface area contributed by atoms with Crippen molar-refractivity contribution in [2.75, 3.05) is 26.2 Å². The minimum atomic E-state index is 0.914. The molecule has 2 aromatic heterocycles. The van der Waals surface area contributed by atoms with Gasteiger partial charge in [-0.2, -0.15) is 0 Å². The number of hydrogen-bond donors (Lipinski definition) is 1. The van der Waals surface area contributed by atoms with E-state index in [4.69, 9.17) is 0 Å². The van der Waals surface area contributed by atoms with Crippen molar-refractivity contribution in [1.82, 2.24) is 19.6 Å². The summed E-state index contributed by atoms with van der Waals surface area (Å²) in [6.45, 7) is 9.95. The van der Waals surface area contributed by atoms with Gasteiger partial charge in [0.2, 0.25) is 0 Å². The number of likely N-dealkylation sites (tertiary alicyclic amines) is 1. The highest BCUT2D eigenvalue weighted by molar-refractivity contribution is 7.17. The van der Waals surface area contributed by atoms with Crippen LogP contribution in [-0.2, 0) is 6.54 Å². The molecule has 19 heavy (non-hydrogen) atoms. The lowest BCUT2D eigenvalue weighted by molar-refractivity contribution is 0.335. The molecule has 2 aromatic rings. The third-order valence-corrected chi connectivity index (χ3v) is 4.73. The molecule has 3 rings (SSSR count). The molecule has 0 saturated carbocycles. The molecule has 1 N–H and O–H groups in total. The van der Waals surface area contributed by atoms with Gasteiger partial charge in [0.15, 0.2) is 4.96 Å². The summed E-state index contributed by atoms with van der Waals surface area (Å²) in [6.07, 6.45) is 4.94. The third kappa shape index (κ3) is 2.83. The number of aryl methyl sites for hydroxylation is 2. The van der Waals surface area contributed by atoms with Crippen LogP contribution in [0.2, 0.25) is 0 Å². The van der Waals surface area contributed by atoms with Gasteiger partial charge in [-0.15, -0.1) is 11.3 Å². The second-order valence-corrected chi connectivity index (χ2v) is 6.58. The van der Waals surface area contributed by atoms with E-state index in [0.29, 0.717) is 0 Å². The van der Waals surface area contributed by atoms with Crippen molar-refractivity contribution in [3.05, 3.63) is 22.5 Å². The van der Waals surface area contributed by atoms with E-state index in [1.165, 1.54) is 43.0 Å². The van der Waals surface area contributed by atoms with Gasteiger partial charge in [0.05, 0.1) is 11.4 Å². The summed E-state index contributed by atoms with van der Waals surface area (Å²) in [5.41, 5.74) is 2.46. The van der Waals surface area contributed by atoms with E-state index >= 15 is 0 Å². The summed E-state index contributed by atoms with van der Waals surface area (Å²) < 4.78 is 2.23. The van der Waals surface area contributed by atoms with E-state index in [1.54, 1.807) is 11.3 Å². The first-order chi connectivity index (χ1) is 9.24. The van der Waals surface area contributed by atoms with E-state index in [9.17, 15) is 0 Å². The lowest BCUT2D eigenvalue weighted by Gasteiger charge is -2.14. The molecular weight excluding hydrogens is 256 g/mol. The van der Waals surface area contributed by atoms with Crippen molar-refractivity contribution in [3.8, 4) is 0 Å². The number of fused-ring (bicyclic) bond motifs is 1. The molecule has 0 unspecified atom stereocenters. The second kappa shape index (κ2) is 5.61. The molecule has 0 atom stereocenters. The first kappa shape index (κ1) is 13.1. The van der Waals surface area contributed by atoms with Crippen molar-refractivity contribution in [1.29, 1.82) is 0 Å². The van der Waals surface area contributed by atoms with Crippen LogP contribution in [0, 0.1) is 13.8 Å². The minimum absolute atomic E-state index is 0.914. The summed E-state index contributed by atoms with van der Waals surface area (Å²) in [6, 6.07) is 0. The number of imidazole rings is 1. The number of aromatic nitrogens is 2. The van der Waals surface area contributed by atoms with Crippen molar-refractivity contribution in [3.63, 3.8) is 0 Å². The Morgan fingerprint density at radius 1 is 1.32 bits per heavy atom. The summed E-state index contributed by atoms with van der Waals surface area (Å²) in [4.78, 5) is 9.60.